The predicted molar refractivity (Wildman–Crippen MR) is 100 cm³/mol. The fraction of sp³-hybridized carbons (Fsp3) is 0.571. The first kappa shape index (κ1) is 21.1. The van der Waals surface area contributed by atoms with Gasteiger partial charge in [-0.05, 0) is 55.7 Å². The molecule has 24 heavy (non-hydrogen) atoms. The topological polar surface area (TPSA) is 17.8 Å². The van der Waals surface area contributed by atoms with Gasteiger partial charge < -0.3 is 0 Å². The van der Waals surface area contributed by atoms with E-state index in [9.17, 15) is 0 Å². The molecule has 0 amide bonds. The van der Waals surface area contributed by atoms with Crippen LogP contribution in [0.1, 0.15) is 88.9 Å². The van der Waals surface area contributed by atoms with E-state index < -0.39 is 0 Å². The summed E-state index contributed by atoms with van der Waals surface area (Å²) in [4.78, 5) is 0. The Morgan fingerprint density at radius 3 is 1.79 bits per heavy atom. The molecule has 0 aliphatic carbocycles. The molecule has 0 spiro atoms. The van der Waals surface area contributed by atoms with Gasteiger partial charge in [0.1, 0.15) is 0 Å². The number of aromatic nitrogens is 2. The molecule has 0 radical (unpaired) electrons. The summed E-state index contributed by atoms with van der Waals surface area (Å²) in [5, 5.41) is 4.87. The van der Waals surface area contributed by atoms with E-state index in [-0.39, 0.29) is 20.4 Å². The molecule has 0 saturated carbocycles. The molecule has 2 nitrogen and oxygen atoms in total. The molecule has 0 bridgehead atoms. The first-order chi connectivity index (χ1) is 10.8. The fourth-order valence-electron chi connectivity index (χ4n) is 3.19. The van der Waals surface area contributed by atoms with Crippen LogP contribution >= 0.6 is 0 Å². The van der Waals surface area contributed by atoms with E-state index in [1.807, 2.05) is 0 Å². The third kappa shape index (κ3) is 4.19. The summed E-state index contributed by atoms with van der Waals surface area (Å²) in [5.41, 5.74) is 8.01. The van der Waals surface area contributed by atoms with Crippen LogP contribution < -0.4 is 0 Å². The molecule has 0 unspecified atom stereocenters. The van der Waals surface area contributed by atoms with Crippen LogP contribution in [-0.2, 0) is 26.8 Å². The zero-order valence-electron chi connectivity index (χ0n) is 16.4. The Morgan fingerprint density at radius 2 is 1.42 bits per heavy atom. The van der Waals surface area contributed by atoms with Gasteiger partial charge in [0.05, 0.1) is 5.69 Å². The Hall–Kier alpha value is -0.908. The largest absolute Gasteiger partial charge is 0.266 e. The average Bonchev–Trinajstić information content (AvgIpc) is 2.83. The average molecular weight is 419 g/mol. The Balaban J connectivity index is 0.00000288. The van der Waals surface area contributed by atoms with Crippen LogP contribution in [0.4, 0.5) is 0 Å². The van der Waals surface area contributed by atoms with Gasteiger partial charge in [-0.15, -0.1) is 0 Å². The van der Waals surface area contributed by atoms with Crippen LogP contribution in [0.2, 0.25) is 0 Å². The fourth-order valence-corrected chi connectivity index (χ4v) is 3.19. The van der Waals surface area contributed by atoms with Crippen molar-refractivity contribution in [1.29, 1.82) is 0 Å². The zero-order chi connectivity index (χ0) is 17.3. The van der Waals surface area contributed by atoms with Crippen molar-refractivity contribution in [3.63, 3.8) is 0 Å². The minimum Gasteiger partial charge on any atom is -0.266 e. The third-order valence-electron chi connectivity index (χ3n) is 4.65. The van der Waals surface area contributed by atoms with Gasteiger partial charge in [0.2, 0.25) is 0 Å². The second-order valence-corrected chi connectivity index (χ2v) is 7.50. The van der Waals surface area contributed by atoms with Gasteiger partial charge in [-0.3, -0.25) is 4.68 Å². The molecule has 2 rings (SSSR count). The number of hydrogen-bond acceptors (Lipinski definition) is 1. The SMILES string of the molecule is CCc1nn(C(C)C)c(C)c1-c1cc(C(C)C)cc(C(C)C)c1.[Pd]. The van der Waals surface area contributed by atoms with Gasteiger partial charge in [0.25, 0.3) is 0 Å². The standard InChI is InChI=1S/C21H32N2.Pd/c1-9-20-21(16(8)23(22-20)15(6)7)19-11-17(13(2)3)10-18(12-19)14(4)5;/h10-15H,9H2,1-8H3;. The molecule has 3 heteroatoms. The van der Waals surface area contributed by atoms with Crippen LogP contribution in [0, 0.1) is 6.92 Å². The Morgan fingerprint density at radius 1 is 0.917 bits per heavy atom. The molecule has 0 atom stereocenters. The molecule has 0 N–H and O–H groups in total. The minimum atomic E-state index is 0. The van der Waals surface area contributed by atoms with Crippen molar-refractivity contribution in [2.75, 3.05) is 0 Å². The van der Waals surface area contributed by atoms with E-state index in [1.165, 1.54) is 33.6 Å². The summed E-state index contributed by atoms with van der Waals surface area (Å²) >= 11 is 0. The molecule has 2 aromatic rings. The third-order valence-corrected chi connectivity index (χ3v) is 4.65. The molecular weight excluding hydrogens is 387 g/mol. The monoisotopic (exact) mass is 418 g/mol. The summed E-state index contributed by atoms with van der Waals surface area (Å²) < 4.78 is 2.17. The molecule has 0 aliphatic heterocycles. The van der Waals surface area contributed by atoms with Crippen LogP contribution in [0.15, 0.2) is 18.2 Å². The van der Waals surface area contributed by atoms with Crippen molar-refractivity contribution in [1.82, 2.24) is 9.78 Å². The van der Waals surface area contributed by atoms with E-state index in [1.54, 1.807) is 0 Å². The predicted octanol–water partition coefficient (Wildman–Crippen LogP) is 6.25. The molecule has 0 fully saturated rings. The molecule has 0 aliphatic rings. The van der Waals surface area contributed by atoms with Gasteiger partial charge in [0, 0.05) is 37.7 Å². The van der Waals surface area contributed by atoms with Crippen LogP contribution in [0.5, 0.6) is 0 Å². The van der Waals surface area contributed by atoms with Crippen molar-refractivity contribution in [3.8, 4) is 11.1 Å². The van der Waals surface area contributed by atoms with Gasteiger partial charge in [-0.25, -0.2) is 0 Å². The molecular formula is C21H32N2Pd. The van der Waals surface area contributed by atoms with E-state index >= 15 is 0 Å². The van der Waals surface area contributed by atoms with Crippen LogP contribution in [-0.4, -0.2) is 9.78 Å². The maximum Gasteiger partial charge on any atom is 0.0703 e. The number of rotatable bonds is 5. The van der Waals surface area contributed by atoms with E-state index in [0.29, 0.717) is 17.9 Å². The number of nitrogens with zero attached hydrogens (tertiary/aromatic N) is 2. The van der Waals surface area contributed by atoms with Crippen molar-refractivity contribution in [2.45, 2.75) is 79.7 Å². The summed E-state index contributed by atoms with van der Waals surface area (Å²) in [6.45, 7) is 17.9. The van der Waals surface area contributed by atoms with Gasteiger partial charge in [0.15, 0.2) is 0 Å². The van der Waals surface area contributed by atoms with Crippen molar-refractivity contribution >= 4 is 0 Å². The first-order valence-corrected chi connectivity index (χ1v) is 8.99. The summed E-state index contributed by atoms with van der Waals surface area (Å²) in [6.07, 6.45) is 0.971. The van der Waals surface area contributed by atoms with Gasteiger partial charge in [-0.1, -0.05) is 52.8 Å². The van der Waals surface area contributed by atoms with Crippen molar-refractivity contribution in [3.05, 3.63) is 40.7 Å². The first-order valence-electron chi connectivity index (χ1n) is 8.99. The normalized spacial score (nSPS) is 11.5. The Bertz CT molecular complexity index is 655. The molecule has 0 saturated heterocycles. The maximum atomic E-state index is 4.87. The van der Waals surface area contributed by atoms with Crippen LogP contribution in [0.25, 0.3) is 11.1 Å². The molecule has 1 aromatic carbocycles. The molecule has 1 heterocycles. The van der Waals surface area contributed by atoms with Crippen molar-refractivity contribution < 1.29 is 20.4 Å². The van der Waals surface area contributed by atoms with E-state index in [2.05, 4.69) is 78.3 Å². The van der Waals surface area contributed by atoms with Crippen LogP contribution in [0.3, 0.4) is 0 Å². The Kier molecular flexibility index (Phi) is 7.45. The number of benzene rings is 1. The van der Waals surface area contributed by atoms with Crippen molar-refractivity contribution in [2.24, 2.45) is 0 Å². The van der Waals surface area contributed by atoms with Gasteiger partial charge in [-0.2, -0.15) is 5.10 Å². The summed E-state index contributed by atoms with van der Waals surface area (Å²) in [7, 11) is 0. The Labute approximate surface area is 161 Å². The minimum absolute atomic E-state index is 0. The molecule has 1 aromatic heterocycles. The maximum absolute atomic E-state index is 4.87. The summed E-state index contributed by atoms with van der Waals surface area (Å²) in [6, 6.07) is 7.49. The second-order valence-electron chi connectivity index (χ2n) is 7.50. The van der Waals surface area contributed by atoms with E-state index in [0.717, 1.165) is 6.42 Å². The summed E-state index contributed by atoms with van der Waals surface area (Å²) in [5.74, 6) is 1.08. The molecule has 136 valence electrons. The number of aryl methyl sites for hydroxylation is 1. The van der Waals surface area contributed by atoms with E-state index in [4.69, 9.17) is 5.10 Å². The smallest absolute Gasteiger partial charge is 0.0703 e. The second kappa shape index (κ2) is 8.46. The zero-order valence-corrected chi connectivity index (χ0v) is 17.9. The number of hydrogen-bond donors (Lipinski definition) is 0. The quantitative estimate of drug-likeness (QED) is 0.525. The van der Waals surface area contributed by atoms with Gasteiger partial charge >= 0.3 is 0 Å².